The molecule has 0 amide bonds. The summed E-state index contributed by atoms with van der Waals surface area (Å²) >= 11 is 0. The molecule has 3 aliphatic heterocycles. The van der Waals surface area contributed by atoms with Gasteiger partial charge in [0.2, 0.25) is 0 Å². The van der Waals surface area contributed by atoms with Gasteiger partial charge in [-0.25, -0.2) is 13.2 Å². The quantitative estimate of drug-likeness (QED) is 0.151. The van der Waals surface area contributed by atoms with E-state index in [2.05, 4.69) is 21.0 Å². The van der Waals surface area contributed by atoms with Crippen molar-refractivity contribution >= 4 is 44.1 Å². The number of nitrogen functional groups attached to an aromatic ring is 1. The number of nitrogens with two attached hydrogens (primary N) is 1. The zero-order chi connectivity index (χ0) is 35.6. The first-order chi connectivity index (χ1) is 25.0. The van der Waals surface area contributed by atoms with Crippen LogP contribution in [0.5, 0.6) is 6.01 Å². The van der Waals surface area contributed by atoms with Crippen molar-refractivity contribution in [3.05, 3.63) is 47.9 Å². The number of rotatable bonds is 7. The Labute approximate surface area is 299 Å². The Morgan fingerprint density at radius 2 is 1.77 bits per heavy atom. The Morgan fingerprint density at radius 1 is 1.02 bits per heavy atom. The highest BCUT2D eigenvalue weighted by Gasteiger charge is 2.70. The zero-order valence-corrected chi connectivity index (χ0v) is 29.2. The van der Waals surface area contributed by atoms with Crippen LogP contribution in [-0.4, -0.2) is 82.0 Å². The lowest BCUT2D eigenvalue weighted by molar-refractivity contribution is 0.0252. The number of nitrogens with one attached hydrogen (secondary N) is 1. The van der Waals surface area contributed by atoms with Crippen LogP contribution in [0.15, 0.2) is 36.5 Å². The normalized spacial score (nSPS) is 24.2. The Morgan fingerprint density at radius 3 is 2.46 bits per heavy atom. The summed E-state index contributed by atoms with van der Waals surface area (Å²) in [7, 11) is 1.89. The molecule has 9 nitrogen and oxygen atoms in total. The first-order valence-electron chi connectivity index (χ1n) is 18.4. The maximum Gasteiger partial charge on any atom is 0.318 e. The molecule has 2 aromatic heterocycles. The molecule has 3 saturated heterocycles. The number of aryl methyl sites for hydroxylation is 1. The second-order valence-corrected chi connectivity index (χ2v) is 16.2. The molecule has 0 unspecified atom stereocenters. The van der Waals surface area contributed by atoms with Gasteiger partial charge in [0, 0.05) is 84.2 Å². The number of aromatic nitrogens is 4. The second-order valence-electron chi connectivity index (χ2n) is 16.2. The minimum atomic E-state index is -2.49. The molecule has 3 aromatic carbocycles. The molecule has 1 spiro atoms. The summed E-state index contributed by atoms with van der Waals surface area (Å²) < 4.78 is 51.6. The van der Waals surface area contributed by atoms with E-state index >= 15 is 4.39 Å². The maximum atomic E-state index is 15.2. The highest BCUT2D eigenvalue weighted by molar-refractivity contribution is 6.18. The largest absolute Gasteiger partial charge is 0.463 e. The average Bonchev–Trinajstić information content (AvgIpc) is 3.88. The molecule has 5 heterocycles. The van der Waals surface area contributed by atoms with Crippen molar-refractivity contribution in [2.75, 3.05) is 50.0 Å². The number of fused-ring (bicyclic) bond motifs is 6. The lowest BCUT2D eigenvalue weighted by Crippen LogP contribution is -2.51. The van der Waals surface area contributed by atoms with Crippen molar-refractivity contribution in [1.82, 2.24) is 30.0 Å². The van der Waals surface area contributed by atoms with E-state index in [-0.39, 0.29) is 17.4 Å². The van der Waals surface area contributed by atoms with E-state index in [0.717, 1.165) is 78.4 Å². The molecule has 12 heteroatoms. The number of alkyl halides is 2. The molecule has 268 valence electrons. The van der Waals surface area contributed by atoms with Crippen molar-refractivity contribution in [2.45, 2.75) is 63.0 Å². The number of hydrogen-bond donors (Lipinski definition) is 2. The van der Waals surface area contributed by atoms with Gasteiger partial charge in [-0.05, 0) is 86.8 Å². The molecule has 52 heavy (non-hydrogen) atoms. The van der Waals surface area contributed by atoms with Crippen LogP contribution in [0.25, 0.3) is 43.7 Å². The lowest BCUT2D eigenvalue weighted by atomic mass is 9.91. The summed E-state index contributed by atoms with van der Waals surface area (Å²) in [5.74, 6) is 0.420. The van der Waals surface area contributed by atoms with Crippen LogP contribution >= 0.6 is 0 Å². The van der Waals surface area contributed by atoms with Crippen molar-refractivity contribution < 1.29 is 17.9 Å². The van der Waals surface area contributed by atoms with Gasteiger partial charge in [-0.3, -0.25) is 4.68 Å². The molecule has 2 bridgehead atoms. The van der Waals surface area contributed by atoms with Crippen LogP contribution in [0.3, 0.4) is 0 Å². The fraction of sp³-hybridized carbons (Fsp3) is 0.475. The van der Waals surface area contributed by atoms with Crippen molar-refractivity contribution in [3.63, 3.8) is 0 Å². The smallest absolute Gasteiger partial charge is 0.318 e. The van der Waals surface area contributed by atoms with E-state index in [0.29, 0.717) is 72.8 Å². The van der Waals surface area contributed by atoms with Crippen molar-refractivity contribution in [2.24, 2.45) is 17.9 Å². The summed E-state index contributed by atoms with van der Waals surface area (Å²) in [6.07, 6.45) is 13.3. The van der Waals surface area contributed by atoms with E-state index in [9.17, 15) is 8.78 Å². The molecular weight excluding hydrogens is 665 g/mol. The third-order valence-corrected chi connectivity index (χ3v) is 12.6. The van der Waals surface area contributed by atoms with Gasteiger partial charge in [0.1, 0.15) is 17.2 Å². The maximum absolute atomic E-state index is 15.2. The Balaban J connectivity index is 1.06. The zero-order valence-electron chi connectivity index (χ0n) is 29.2. The summed E-state index contributed by atoms with van der Waals surface area (Å²) in [6, 6.07) is 9.75. The van der Waals surface area contributed by atoms with E-state index in [1.807, 2.05) is 25.4 Å². The molecule has 0 radical (unpaired) electrons. The lowest BCUT2D eigenvalue weighted by Gasteiger charge is -2.35. The van der Waals surface area contributed by atoms with Gasteiger partial charge in [0.25, 0.3) is 5.92 Å². The average molecular weight is 707 g/mol. The summed E-state index contributed by atoms with van der Waals surface area (Å²) in [6.45, 7) is 4.31. The minimum absolute atomic E-state index is 0.0429. The molecular formula is C40H41F3N8O. The molecule has 2 atom stereocenters. The third kappa shape index (κ3) is 5.11. The fourth-order valence-corrected chi connectivity index (χ4v) is 9.45. The Bertz CT molecular complexity index is 2330. The number of likely N-dealkylation sites (tertiary alicyclic amines) is 1. The highest BCUT2D eigenvalue weighted by Crippen LogP contribution is 2.66. The van der Waals surface area contributed by atoms with E-state index < -0.39 is 17.2 Å². The second kappa shape index (κ2) is 11.2. The van der Waals surface area contributed by atoms with Gasteiger partial charge in [-0.1, -0.05) is 12.0 Å². The molecule has 5 aromatic rings. The van der Waals surface area contributed by atoms with Gasteiger partial charge in [-0.15, -0.1) is 6.42 Å². The van der Waals surface area contributed by atoms with E-state index in [1.54, 1.807) is 16.8 Å². The molecule has 3 N–H and O–H groups in total. The SMILES string of the molecule is C#Cc1c(F)ccc2cc(N)cc(-c3cc4nc(OCC5(CN6CCC7(CC6)CC7(F)F)CC5)nc(N5C[C@H]6CC[C@@H](C5)N6)c4c4cn(C)nc34)c12. The molecule has 2 saturated carbocycles. The van der Waals surface area contributed by atoms with Gasteiger partial charge in [0.05, 0.1) is 23.1 Å². The topological polar surface area (TPSA) is 97.4 Å². The Kier molecular flexibility index (Phi) is 6.91. The van der Waals surface area contributed by atoms with E-state index in [4.69, 9.17) is 32.0 Å². The molecule has 5 aliphatic rings. The molecule has 5 fully saturated rings. The first kappa shape index (κ1) is 32.1. The van der Waals surface area contributed by atoms with E-state index in [1.165, 1.54) is 6.07 Å². The van der Waals surface area contributed by atoms with Gasteiger partial charge >= 0.3 is 6.01 Å². The van der Waals surface area contributed by atoms with Gasteiger partial charge in [0.15, 0.2) is 0 Å². The Hall–Kier alpha value is -4.60. The number of nitrogens with zero attached hydrogens (tertiary/aromatic N) is 6. The number of benzene rings is 3. The fourth-order valence-electron chi connectivity index (χ4n) is 9.45. The number of piperidine rings is 1. The summed E-state index contributed by atoms with van der Waals surface area (Å²) in [5.41, 5.74) is 9.16. The number of ether oxygens (including phenoxy) is 1. The number of anilines is 2. The first-order valence-corrected chi connectivity index (χ1v) is 18.4. The minimum Gasteiger partial charge on any atom is -0.463 e. The summed E-state index contributed by atoms with van der Waals surface area (Å²) in [5, 5.41) is 11.7. The van der Waals surface area contributed by atoms with Crippen LogP contribution in [0, 0.1) is 29.0 Å². The van der Waals surface area contributed by atoms with Crippen molar-refractivity contribution in [1.29, 1.82) is 0 Å². The predicted molar refractivity (Wildman–Crippen MR) is 196 cm³/mol. The standard InChI is InChI=1S/C40H41F3N8O/c1-3-27-31(41)7-4-23-14-24(44)15-28(33(23)27)29-16-32-34(30-19-49(2)48-35(29)30)36(51-17-25-5-6-26(18-51)45-25)47-37(46-32)52-22-38(8-9-38)21-50-12-10-39(11-13-50)20-40(39,42)43/h1,4,7,14-16,19,25-26,45H,5-6,8-13,17-18,20-22,44H2,2H3/t25-,26+. The van der Waals surface area contributed by atoms with Crippen LogP contribution in [-0.2, 0) is 7.05 Å². The highest BCUT2D eigenvalue weighted by atomic mass is 19.3. The molecule has 10 rings (SSSR count). The third-order valence-electron chi connectivity index (χ3n) is 12.6. The number of terminal acetylenes is 1. The van der Waals surface area contributed by atoms with Crippen LogP contribution in [0.2, 0.25) is 0 Å². The van der Waals surface area contributed by atoms with Crippen molar-refractivity contribution in [3.8, 4) is 29.5 Å². The number of halogens is 3. The van der Waals surface area contributed by atoms with Crippen LogP contribution in [0.1, 0.15) is 50.5 Å². The van der Waals surface area contributed by atoms with Crippen LogP contribution in [0.4, 0.5) is 24.7 Å². The monoisotopic (exact) mass is 706 g/mol. The summed E-state index contributed by atoms with van der Waals surface area (Å²) in [4.78, 5) is 14.9. The van der Waals surface area contributed by atoms with Crippen LogP contribution < -0.4 is 20.7 Å². The predicted octanol–water partition coefficient (Wildman–Crippen LogP) is 6.26. The number of hydrogen-bond acceptors (Lipinski definition) is 8. The van der Waals surface area contributed by atoms with Gasteiger partial charge < -0.3 is 25.6 Å². The number of piperazine rings is 1. The molecule has 2 aliphatic carbocycles. The van der Waals surface area contributed by atoms with Gasteiger partial charge in [-0.2, -0.15) is 15.1 Å².